The number of carboxylic acid groups (broad SMARTS) is 1. The molecule has 0 aromatic carbocycles. The molecule has 2 amide bonds. The molecule has 5 nitrogen and oxygen atoms in total. The van der Waals surface area contributed by atoms with Crippen LogP contribution >= 0.6 is 0 Å². The molecule has 1 aliphatic rings. The Labute approximate surface area is 127 Å². The van der Waals surface area contributed by atoms with Gasteiger partial charge < -0.3 is 14.9 Å². The molecule has 0 saturated carbocycles. The molecule has 0 radical (unpaired) electrons. The minimum absolute atomic E-state index is 0.128. The van der Waals surface area contributed by atoms with E-state index in [2.05, 4.69) is 5.92 Å². The first-order chi connectivity index (χ1) is 10.0. The lowest BCUT2D eigenvalue weighted by molar-refractivity contribution is -0.152. The third-order valence-electron chi connectivity index (χ3n) is 4.08. The van der Waals surface area contributed by atoms with Crippen LogP contribution in [-0.2, 0) is 4.79 Å². The molecule has 1 unspecified atom stereocenters. The number of carboxylic acids is 1. The van der Waals surface area contributed by atoms with Crippen molar-refractivity contribution < 1.29 is 14.7 Å². The summed E-state index contributed by atoms with van der Waals surface area (Å²) < 4.78 is 0. The largest absolute Gasteiger partial charge is 0.481 e. The molecule has 118 valence electrons. The highest BCUT2D eigenvalue weighted by Crippen LogP contribution is 2.35. The first-order valence-corrected chi connectivity index (χ1v) is 7.71. The number of carbonyl (C=O) groups is 2. The fourth-order valence-electron chi connectivity index (χ4n) is 3.08. The number of rotatable bonds is 6. The van der Waals surface area contributed by atoms with Gasteiger partial charge in [0.05, 0.1) is 12.0 Å². The normalized spacial score (nSPS) is 21.7. The van der Waals surface area contributed by atoms with Crippen molar-refractivity contribution in [2.45, 2.75) is 46.0 Å². The summed E-state index contributed by atoms with van der Waals surface area (Å²) in [4.78, 5) is 27.5. The minimum Gasteiger partial charge on any atom is -0.481 e. The van der Waals surface area contributed by atoms with Crippen LogP contribution in [-0.4, -0.2) is 53.1 Å². The predicted molar refractivity (Wildman–Crippen MR) is 81.9 cm³/mol. The minimum atomic E-state index is -0.795. The second kappa shape index (κ2) is 7.92. The molecule has 0 aliphatic carbocycles. The van der Waals surface area contributed by atoms with Crippen molar-refractivity contribution in [1.29, 1.82) is 0 Å². The highest BCUT2D eigenvalue weighted by molar-refractivity contribution is 5.79. The summed E-state index contributed by atoms with van der Waals surface area (Å²) in [5.41, 5.74) is -0.795. The smallest absolute Gasteiger partial charge is 0.320 e. The number of terminal acetylenes is 1. The van der Waals surface area contributed by atoms with E-state index in [1.807, 2.05) is 13.8 Å². The lowest BCUT2D eigenvalue weighted by Gasteiger charge is -2.41. The molecule has 5 heteroatoms. The van der Waals surface area contributed by atoms with Crippen molar-refractivity contribution >= 4 is 12.0 Å². The van der Waals surface area contributed by atoms with Crippen LogP contribution in [0.25, 0.3) is 0 Å². The number of aliphatic carboxylic acids is 1. The van der Waals surface area contributed by atoms with E-state index in [4.69, 9.17) is 6.42 Å². The van der Waals surface area contributed by atoms with E-state index in [9.17, 15) is 14.7 Å². The Morgan fingerprint density at radius 2 is 2.10 bits per heavy atom. The Morgan fingerprint density at radius 3 is 2.62 bits per heavy atom. The van der Waals surface area contributed by atoms with Gasteiger partial charge in [-0.3, -0.25) is 4.79 Å². The van der Waals surface area contributed by atoms with Gasteiger partial charge in [-0.2, -0.15) is 0 Å². The number of carbonyl (C=O) groups excluding carboxylic acids is 1. The fraction of sp³-hybridized carbons (Fsp3) is 0.750. The summed E-state index contributed by atoms with van der Waals surface area (Å²) in [7, 11) is 0. The maximum absolute atomic E-state index is 12.6. The Balaban J connectivity index is 2.85. The zero-order valence-electron chi connectivity index (χ0n) is 13.1. The maximum atomic E-state index is 12.6. The van der Waals surface area contributed by atoms with Gasteiger partial charge >= 0.3 is 12.0 Å². The van der Waals surface area contributed by atoms with E-state index in [0.717, 1.165) is 19.3 Å². The molecule has 1 rings (SSSR count). The van der Waals surface area contributed by atoms with E-state index < -0.39 is 11.4 Å². The van der Waals surface area contributed by atoms with Crippen LogP contribution in [0.1, 0.15) is 46.0 Å². The first kappa shape index (κ1) is 17.4. The number of amides is 2. The molecule has 0 bridgehead atoms. The van der Waals surface area contributed by atoms with Gasteiger partial charge in [0, 0.05) is 19.6 Å². The summed E-state index contributed by atoms with van der Waals surface area (Å²) in [5.74, 6) is 1.71. The molecular weight excluding hydrogens is 268 g/mol. The lowest BCUT2D eigenvalue weighted by Crippen LogP contribution is -2.53. The summed E-state index contributed by atoms with van der Waals surface area (Å²) in [6.45, 7) is 5.76. The average Bonchev–Trinajstić information content (AvgIpc) is 2.46. The monoisotopic (exact) mass is 294 g/mol. The second-order valence-corrected chi connectivity index (χ2v) is 5.77. The van der Waals surface area contributed by atoms with Gasteiger partial charge in [0.25, 0.3) is 0 Å². The number of piperidine rings is 1. The van der Waals surface area contributed by atoms with Gasteiger partial charge in [-0.15, -0.1) is 6.42 Å². The lowest BCUT2D eigenvalue weighted by atomic mass is 9.76. The Kier molecular flexibility index (Phi) is 6.54. The van der Waals surface area contributed by atoms with Gasteiger partial charge in [0.2, 0.25) is 0 Å². The number of nitrogens with zero attached hydrogens (tertiary/aromatic N) is 2. The highest BCUT2D eigenvalue weighted by Gasteiger charge is 2.43. The van der Waals surface area contributed by atoms with Crippen molar-refractivity contribution in [3.63, 3.8) is 0 Å². The van der Waals surface area contributed by atoms with Crippen molar-refractivity contribution in [3.05, 3.63) is 0 Å². The summed E-state index contributed by atoms with van der Waals surface area (Å²) in [6.07, 6.45) is 8.93. The van der Waals surface area contributed by atoms with Crippen molar-refractivity contribution in [1.82, 2.24) is 9.80 Å². The topological polar surface area (TPSA) is 60.9 Å². The summed E-state index contributed by atoms with van der Waals surface area (Å²) in [6, 6.07) is -0.128. The van der Waals surface area contributed by atoms with Crippen LogP contribution in [0.4, 0.5) is 4.79 Å². The number of hydrogen-bond acceptors (Lipinski definition) is 2. The van der Waals surface area contributed by atoms with Crippen LogP contribution in [0.3, 0.4) is 0 Å². The number of urea groups is 1. The van der Waals surface area contributed by atoms with Gasteiger partial charge in [-0.1, -0.05) is 26.2 Å². The average molecular weight is 294 g/mol. The molecule has 1 heterocycles. The molecular formula is C16H26N2O3. The highest BCUT2D eigenvalue weighted by atomic mass is 16.4. The number of likely N-dealkylation sites (tertiary alicyclic amines) is 1. The Hall–Kier alpha value is -1.70. The fourth-order valence-corrected chi connectivity index (χ4v) is 3.08. The van der Waals surface area contributed by atoms with Crippen molar-refractivity contribution in [3.8, 4) is 12.3 Å². The van der Waals surface area contributed by atoms with Crippen LogP contribution in [0.2, 0.25) is 0 Å². The van der Waals surface area contributed by atoms with Crippen LogP contribution in [0, 0.1) is 17.8 Å². The van der Waals surface area contributed by atoms with Crippen LogP contribution in [0.5, 0.6) is 0 Å². The van der Waals surface area contributed by atoms with Gasteiger partial charge in [-0.25, -0.2) is 4.79 Å². The molecule has 1 atom stereocenters. The zero-order valence-corrected chi connectivity index (χ0v) is 13.1. The zero-order chi connectivity index (χ0) is 15.9. The van der Waals surface area contributed by atoms with Crippen molar-refractivity contribution in [2.24, 2.45) is 5.41 Å². The van der Waals surface area contributed by atoms with E-state index in [1.54, 1.807) is 9.80 Å². The van der Waals surface area contributed by atoms with E-state index in [0.29, 0.717) is 32.5 Å². The van der Waals surface area contributed by atoms with Crippen LogP contribution in [0.15, 0.2) is 0 Å². The SMILES string of the molecule is C#CCN(CCC)C(=O)N1CCCC(CCC)(C(=O)O)C1. The van der Waals surface area contributed by atoms with Crippen LogP contribution < -0.4 is 0 Å². The molecule has 0 spiro atoms. The van der Waals surface area contributed by atoms with E-state index >= 15 is 0 Å². The first-order valence-electron chi connectivity index (χ1n) is 7.71. The predicted octanol–water partition coefficient (Wildman–Crippen LogP) is 2.42. The van der Waals surface area contributed by atoms with Crippen molar-refractivity contribution in [2.75, 3.05) is 26.2 Å². The number of hydrogen-bond donors (Lipinski definition) is 1. The third kappa shape index (κ3) is 4.13. The summed E-state index contributed by atoms with van der Waals surface area (Å²) >= 11 is 0. The molecule has 1 N–H and O–H groups in total. The van der Waals surface area contributed by atoms with E-state index in [-0.39, 0.29) is 12.6 Å². The molecule has 1 fully saturated rings. The second-order valence-electron chi connectivity index (χ2n) is 5.77. The standard InChI is InChI=1S/C16H26N2O3/c1-4-8-16(14(19)20)9-7-12-18(13-16)15(21)17(10-5-2)11-6-3/h2H,4,6-13H2,1,3H3,(H,19,20). The quantitative estimate of drug-likeness (QED) is 0.765. The Morgan fingerprint density at radius 1 is 1.38 bits per heavy atom. The van der Waals surface area contributed by atoms with Gasteiger partial charge in [0.1, 0.15) is 0 Å². The van der Waals surface area contributed by atoms with E-state index in [1.165, 1.54) is 0 Å². The van der Waals surface area contributed by atoms with Gasteiger partial charge in [0.15, 0.2) is 0 Å². The third-order valence-corrected chi connectivity index (χ3v) is 4.08. The molecule has 1 aliphatic heterocycles. The molecule has 21 heavy (non-hydrogen) atoms. The molecule has 0 aromatic heterocycles. The molecule has 0 aromatic rings. The summed E-state index contributed by atoms with van der Waals surface area (Å²) in [5, 5.41) is 9.58. The van der Waals surface area contributed by atoms with Gasteiger partial charge in [-0.05, 0) is 25.7 Å². The maximum Gasteiger partial charge on any atom is 0.320 e. The Bertz CT molecular complexity index is 412. The molecule has 1 saturated heterocycles.